The van der Waals surface area contributed by atoms with Crippen LogP contribution in [-0.2, 0) is 9.47 Å². The van der Waals surface area contributed by atoms with Crippen molar-refractivity contribution in [2.75, 3.05) is 27.0 Å². The Kier molecular flexibility index (Phi) is 2.01. The van der Waals surface area contributed by atoms with E-state index in [9.17, 15) is 0 Å². The lowest BCUT2D eigenvalue weighted by Gasteiger charge is -2.22. The van der Waals surface area contributed by atoms with E-state index in [0.29, 0.717) is 35.8 Å². The van der Waals surface area contributed by atoms with Crippen molar-refractivity contribution in [3.63, 3.8) is 0 Å². The van der Waals surface area contributed by atoms with Crippen molar-refractivity contribution in [2.24, 2.45) is 5.92 Å². The molecule has 2 heterocycles. The van der Waals surface area contributed by atoms with Gasteiger partial charge >= 0.3 is 0 Å². The van der Waals surface area contributed by atoms with Crippen LogP contribution < -0.4 is 9.47 Å². The SMILES string of the molecule is [2H]C=C1COC[C@@H]1[C@@H](OC([2H])([2H])[2H])c1ccc2c(c1)OCO2. The van der Waals surface area contributed by atoms with E-state index in [0.717, 1.165) is 0 Å². The van der Waals surface area contributed by atoms with Crippen molar-refractivity contribution >= 4 is 0 Å². The summed E-state index contributed by atoms with van der Waals surface area (Å²) in [6.07, 6.45) is -0.735. The highest BCUT2D eigenvalue weighted by Crippen LogP contribution is 2.39. The van der Waals surface area contributed by atoms with Crippen LogP contribution in [0.2, 0.25) is 0 Å². The molecular formula is C14H16O4. The van der Waals surface area contributed by atoms with Crippen molar-refractivity contribution in [2.45, 2.75) is 6.10 Å². The summed E-state index contributed by atoms with van der Waals surface area (Å²) < 4.78 is 50.9. The Morgan fingerprint density at radius 2 is 2.44 bits per heavy atom. The fourth-order valence-electron chi connectivity index (χ4n) is 2.27. The molecule has 0 saturated carbocycles. The maximum atomic E-state index is 7.46. The molecule has 0 radical (unpaired) electrons. The first-order valence-electron chi connectivity index (χ1n) is 7.78. The zero-order chi connectivity index (χ0) is 15.7. The van der Waals surface area contributed by atoms with Crippen molar-refractivity contribution in [3.05, 3.63) is 35.9 Å². The molecule has 1 fully saturated rings. The van der Waals surface area contributed by atoms with Gasteiger partial charge in [0.1, 0.15) is 0 Å². The van der Waals surface area contributed by atoms with Crippen LogP contribution in [0.1, 0.15) is 17.2 Å². The molecule has 0 amide bonds. The first kappa shape index (κ1) is 7.81. The normalized spacial score (nSPS) is 29.6. The summed E-state index contributed by atoms with van der Waals surface area (Å²) >= 11 is 0. The summed E-state index contributed by atoms with van der Waals surface area (Å²) in [4.78, 5) is 0. The van der Waals surface area contributed by atoms with Gasteiger partial charge in [0.15, 0.2) is 11.5 Å². The quantitative estimate of drug-likeness (QED) is 0.774. The molecule has 0 aromatic heterocycles. The Balaban J connectivity index is 1.94. The van der Waals surface area contributed by atoms with E-state index in [-0.39, 0.29) is 12.7 Å². The molecule has 0 N–H and O–H groups in total. The number of fused-ring (bicyclic) bond motifs is 1. The minimum atomic E-state index is -2.54. The number of rotatable bonds is 3. The average molecular weight is 252 g/mol. The zero-order valence-corrected chi connectivity index (χ0v) is 9.72. The molecule has 2 atom stereocenters. The molecule has 1 aromatic rings. The average Bonchev–Trinajstić information content (AvgIpc) is 3.11. The first-order chi connectivity index (χ1) is 10.5. The summed E-state index contributed by atoms with van der Waals surface area (Å²) in [6, 6.07) is 5.20. The second kappa shape index (κ2) is 4.63. The van der Waals surface area contributed by atoms with Crippen LogP contribution in [0.4, 0.5) is 0 Å². The van der Waals surface area contributed by atoms with Crippen molar-refractivity contribution < 1.29 is 24.4 Å². The van der Waals surface area contributed by atoms with E-state index in [1.807, 2.05) is 0 Å². The summed E-state index contributed by atoms with van der Waals surface area (Å²) in [5, 5.41) is 0. The second-order valence-electron chi connectivity index (χ2n) is 4.35. The Hall–Kier alpha value is -1.52. The van der Waals surface area contributed by atoms with Crippen LogP contribution in [0.5, 0.6) is 11.5 Å². The fourth-order valence-corrected chi connectivity index (χ4v) is 2.27. The number of benzene rings is 1. The summed E-state index contributed by atoms with van der Waals surface area (Å²) in [5.74, 6) is 0.876. The molecule has 0 aliphatic carbocycles. The molecule has 0 bridgehead atoms. The minimum Gasteiger partial charge on any atom is -0.454 e. The van der Waals surface area contributed by atoms with Gasteiger partial charge in [-0.3, -0.25) is 0 Å². The Labute approximate surface area is 112 Å². The Morgan fingerprint density at radius 3 is 3.33 bits per heavy atom. The fraction of sp³-hybridized carbons (Fsp3) is 0.429. The molecule has 18 heavy (non-hydrogen) atoms. The molecular weight excluding hydrogens is 232 g/mol. The van der Waals surface area contributed by atoms with E-state index >= 15 is 0 Å². The lowest BCUT2D eigenvalue weighted by Crippen LogP contribution is -2.16. The van der Waals surface area contributed by atoms with E-state index < -0.39 is 13.1 Å². The van der Waals surface area contributed by atoms with Gasteiger partial charge in [-0.1, -0.05) is 12.6 Å². The summed E-state index contributed by atoms with van der Waals surface area (Å²) in [6.45, 7) is 1.99. The largest absolute Gasteiger partial charge is 0.454 e. The summed E-state index contributed by atoms with van der Waals surface area (Å²) in [5.41, 5.74) is 1.38. The van der Waals surface area contributed by atoms with Gasteiger partial charge in [0.2, 0.25) is 6.79 Å². The van der Waals surface area contributed by atoms with E-state index in [2.05, 4.69) is 0 Å². The molecule has 96 valence electrons. The van der Waals surface area contributed by atoms with E-state index in [1.165, 1.54) is 6.55 Å². The minimum absolute atomic E-state index is 0.147. The van der Waals surface area contributed by atoms with Gasteiger partial charge in [0.25, 0.3) is 0 Å². The number of hydrogen-bond acceptors (Lipinski definition) is 4. The van der Waals surface area contributed by atoms with Gasteiger partial charge in [0, 0.05) is 13.0 Å². The Morgan fingerprint density at radius 1 is 1.50 bits per heavy atom. The maximum absolute atomic E-state index is 7.46. The smallest absolute Gasteiger partial charge is 0.231 e. The summed E-state index contributed by atoms with van der Waals surface area (Å²) in [7, 11) is -2.54. The predicted molar refractivity (Wildman–Crippen MR) is 65.8 cm³/mol. The highest BCUT2D eigenvalue weighted by atomic mass is 16.7. The van der Waals surface area contributed by atoms with Crippen molar-refractivity contribution in [1.29, 1.82) is 0 Å². The van der Waals surface area contributed by atoms with Crippen LogP contribution in [0, 0.1) is 5.92 Å². The van der Waals surface area contributed by atoms with Gasteiger partial charge < -0.3 is 18.9 Å². The van der Waals surface area contributed by atoms with Gasteiger partial charge in [-0.05, 0) is 23.3 Å². The molecule has 4 heteroatoms. The van der Waals surface area contributed by atoms with Gasteiger partial charge in [0.05, 0.1) is 24.8 Å². The van der Waals surface area contributed by atoms with E-state index in [4.69, 9.17) is 24.4 Å². The third kappa shape index (κ3) is 1.87. The van der Waals surface area contributed by atoms with Crippen LogP contribution >= 0.6 is 0 Å². The Bertz CT molecular complexity index is 585. The highest BCUT2D eigenvalue weighted by Gasteiger charge is 2.31. The van der Waals surface area contributed by atoms with Crippen LogP contribution in [0.15, 0.2) is 30.3 Å². The number of ether oxygens (including phenoxy) is 4. The molecule has 0 unspecified atom stereocenters. The lowest BCUT2D eigenvalue weighted by molar-refractivity contribution is 0.0507. The van der Waals surface area contributed by atoms with Crippen LogP contribution in [-0.4, -0.2) is 27.0 Å². The number of methoxy groups -OCH3 is 1. The lowest BCUT2D eigenvalue weighted by atomic mass is 9.92. The number of hydrogen-bond donors (Lipinski definition) is 0. The highest BCUT2D eigenvalue weighted by molar-refractivity contribution is 5.45. The van der Waals surface area contributed by atoms with E-state index in [1.54, 1.807) is 18.2 Å². The standard InChI is InChI=1S/C14H16O4/c1-9-6-16-7-11(9)14(15-2)10-3-4-12-13(5-10)18-8-17-12/h3-5,11,14H,1,6-8H2,2H3/t11-,14-/m0/s1/i1D,2D3. The second-order valence-corrected chi connectivity index (χ2v) is 4.35. The third-order valence-corrected chi connectivity index (χ3v) is 3.26. The van der Waals surface area contributed by atoms with Gasteiger partial charge in [-0.15, -0.1) is 0 Å². The van der Waals surface area contributed by atoms with Gasteiger partial charge in [-0.25, -0.2) is 0 Å². The molecule has 3 rings (SSSR count). The molecule has 1 aromatic carbocycles. The molecule has 2 aliphatic heterocycles. The topological polar surface area (TPSA) is 36.9 Å². The van der Waals surface area contributed by atoms with Crippen molar-refractivity contribution in [3.8, 4) is 11.5 Å². The maximum Gasteiger partial charge on any atom is 0.231 e. The third-order valence-electron chi connectivity index (χ3n) is 3.26. The molecule has 1 saturated heterocycles. The predicted octanol–water partition coefficient (Wildman–Crippen LogP) is 2.31. The molecule has 2 aliphatic rings. The van der Waals surface area contributed by atoms with Gasteiger partial charge in [-0.2, -0.15) is 0 Å². The molecule has 4 nitrogen and oxygen atoms in total. The first-order valence-corrected chi connectivity index (χ1v) is 5.70. The monoisotopic (exact) mass is 252 g/mol. The zero-order valence-electron chi connectivity index (χ0n) is 13.7. The van der Waals surface area contributed by atoms with Crippen molar-refractivity contribution in [1.82, 2.24) is 0 Å². The van der Waals surface area contributed by atoms with Crippen LogP contribution in [0.25, 0.3) is 0 Å². The van der Waals surface area contributed by atoms with Crippen LogP contribution in [0.3, 0.4) is 0 Å². The molecule has 0 spiro atoms.